The number of hydrogen-bond acceptors (Lipinski definition) is 2. The summed E-state index contributed by atoms with van der Waals surface area (Å²) in [6, 6.07) is 2.75. The normalized spacial score (nSPS) is 14.5. The number of alkyl halides is 6. The lowest BCUT2D eigenvalue weighted by molar-refractivity contribution is -0.307. The lowest BCUT2D eigenvalue weighted by Crippen LogP contribution is -2.40. The molecule has 1 aromatic rings. The summed E-state index contributed by atoms with van der Waals surface area (Å²) in [5, 5.41) is 9.42. The first-order valence-corrected chi connectivity index (χ1v) is 5.51. The van der Waals surface area contributed by atoms with Crippen LogP contribution in [0.25, 0.3) is 0 Å². The number of aliphatic hydroxyl groups is 1. The van der Waals surface area contributed by atoms with Gasteiger partial charge in [0.15, 0.2) is 5.92 Å². The summed E-state index contributed by atoms with van der Waals surface area (Å²) in [7, 11) is 1.14. The van der Waals surface area contributed by atoms with Gasteiger partial charge in [-0.25, -0.2) is 0 Å². The molecule has 0 aliphatic rings. The standard InChI is InChI=1S/C11H9ClF6O2/c1-20-7-4-5(2-3-6(7)12)8(19)9(10(13,14)15)11(16,17)18/h2-4,8-9,19H,1H3. The van der Waals surface area contributed by atoms with E-state index in [1.54, 1.807) is 0 Å². The van der Waals surface area contributed by atoms with Crippen molar-refractivity contribution < 1.29 is 36.2 Å². The zero-order chi connectivity index (χ0) is 15.7. The van der Waals surface area contributed by atoms with Crippen molar-refractivity contribution in [1.82, 2.24) is 0 Å². The van der Waals surface area contributed by atoms with Crippen LogP contribution in [0.3, 0.4) is 0 Å². The van der Waals surface area contributed by atoms with E-state index in [2.05, 4.69) is 4.74 Å². The van der Waals surface area contributed by atoms with Gasteiger partial charge in [0, 0.05) is 0 Å². The summed E-state index contributed by atoms with van der Waals surface area (Å²) >= 11 is 5.61. The molecule has 0 aromatic heterocycles. The summed E-state index contributed by atoms with van der Waals surface area (Å²) < 4.78 is 79.5. The number of ether oxygens (including phenoxy) is 1. The molecule has 1 N–H and O–H groups in total. The van der Waals surface area contributed by atoms with E-state index in [-0.39, 0.29) is 10.8 Å². The van der Waals surface area contributed by atoms with Crippen molar-refractivity contribution in [3.63, 3.8) is 0 Å². The molecule has 1 unspecified atom stereocenters. The van der Waals surface area contributed by atoms with Crippen molar-refractivity contribution in [2.24, 2.45) is 5.92 Å². The molecule has 0 saturated carbocycles. The van der Waals surface area contributed by atoms with Crippen LogP contribution >= 0.6 is 11.6 Å². The second-order valence-corrected chi connectivity index (χ2v) is 4.31. The minimum Gasteiger partial charge on any atom is -0.495 e. The second-order valence-electron chi connectivity index (χ2n) is 3.90. The van der Waals surface area contributed by atoms with E-state index in [0.717, 1.165) is 25.3 Å². The topological polar surface area (TPSA) is 29.5 Å². The first-order chi connectivity index (χ1) is 8.98. The molecule has 20 heavy (non-hydrogen) atoms. The Labute approximate surface area is 114 Å². The molecule has 2 nitrogen and oxygen atoms in total. The molecule has 0 heterocycles. The number of rotatable bonds is 3. The first kappa shape index (κ1) is 16.9. The van der Waals surface area contributed by atoms with Gasteiger partial charge in [-0.1, -0.05) is 17.7 Å². The molecule has 0 aliphatic heterocycles. The fourth-order valence-electron chi connectivity index (χ4n) is 1.60. The third-order valence-electron chi connectivity index (χ3n) is 2.54. The third-order valence-corrected chi connectivity index (χ3v) is 2.85. The Hall–Kier alpha value is -1.15. The Morgan fingerprint density at radius 3 is 2.00 bits per heavy atom. The Morgan fingerprint density at radius 2 is 1.60 bits per heavy atom. The van der Waals surface area contributed by atoms with Crippen LogP contribution in [-0.2, 0) is 0 Å². The van der Waals surface area contributed by atoms with E-state index >= 15 is 0 Å². The Morgan fingerprint density at radius 1 is 1.10 bits per heavy atom. The zero-order valence-electron chi connectivity index (χ0n) is 9.89. The van der Waals surface area contributed by atoms with Crippen molar-refractivity contribution >= 4 is 11.6 Å². The maximum absolute atomic E-state index is 12.5. The van der Waals surface area contributed by atoms with Gasteiger partial charge in [0.25, 0.3) is 0 Å². The number of aliphatic hydroxyl groups excluding tert-OH is 1. The highest BCUT2D eigenvalue weighted by molar-refractivity contribution is 6.32. The van der Waals surface area contributed by atoms with Crippen molar-refractivity contribution in [1.29, 1.82) is 0 Å². The van der Waals surface area contributed by atoms with E-state index in [9.17, 15) is 31.4 Å². The fourth-order valence-corrected chi connectivity index (χ4v) is 1.79. The summed E-state index contributed by atoms with van der Waals surface area (Å²) in [6.07, 6.45) is -14.1. The number of benzene rings is 1. The van der Waals surface area contributed by atoms with E-state index in [1.165, 1.54) is 0 Å². The molecule has 0 spiro atoms. The molecule has 114 valence electrons. The molecule has 9 heteroatoms. The highest BCUT2D eigenvalue weighted by Gasteiger charge is 2.60. The van der Waals surface area contributed by atoms with Crippen LogP contribution in [-0.4, -0.2) is 24.6 Å². The molecular weight excluding hydrogens is 314 g/mol. The summed E-state index contributed by atoms with van der Waals surface area (Å²) in [5.41, 5.74) is -0.592. The molecule has 1 rings (SSSR count). The van der Waals surface area contributed by atoms with Gasteiger partial charge in [-0.3, -0.25) is 0 Å². The number of hydrogen-bond donors (Lipinski definition) is 1. The lowest BCUT2D eigenvalue weighted by Gasteiger charge is -2.27. The predicted octanol–water partition coefficient (Wildman–Crippen LogP) is 4.12. The van der Waals surface area contributed by atoms with E-state index in [0.29, 0.717) is 0 Å². The Balaban J connectivity index is 3.23. The molecule has 0 aliphatic carbocycles. The zero-order valence-corrected chi connectivity index (χ0v) is 10.6. The smallest absolute Gasteiger partial charge is 0.403 e. The van der Waals surface area contributed by atoms with Crippen molar-refractivity contribution in [2.45, 2.75) is 18.5 Å². The molecular formula is C11H9ClF6O2. The van der Waals surface area contributed by atoms with Gasteiger partial charge in [0.2, 0.25) is 0 Å². The van der Waals surface area contributed by atoms with Crippen LogP contribution in [0.15, 0.2) is 18.2 Å². The molecule has 1 atom stereocenters. The van der Waals surface area contributed by atoms with Gasteiger partial charge in [-0.15, -0.1) is 0 Å². The van der Waals surface area contributed by atoms with Crippen LogP contribution in [0.4, 0.5) is 26.3 Å². The van der Waals surface area contributed by atoms with Crippen molar-refractivity contribution in [3.8, 4) is 5.75 Å². The van der Waals surface area contributed by atoms with Crippen LogP contribution in [0, 0.1) is 5.92 Å². The second kappa shape index (κ2) is 5.69. The molecule has 0 bridgehead atoms. The van der Waals surface area contributed by atoms with E-state index in [4.69, 9.17) is 11.6 Å². The van der Waals surface area contributed by atoms with Crippen LogP contribution in [0.5, 0.6) is 5.75 Å². The molecule has 1 aromatic carbocycles. The van der Waals surface area contributed by atoms with Gasteiger partial charge in [-0.05, 0) is 17.7 Å². The summed E-state index contributed by atoms with van der Waals surface area (Å²) in [6.45, 7) is 0. The number of methoxy groups -OCH3 is 1. The lowest BCUT2D eigenvalue weighted by atomic mass is 9.94. The van der Waals surface area contributed by atoms with Gasteiger partial charge < -0.3 is 9.84 Å². The van der Waals surface area contributed by atoms with Crippen LogP contribution in [0.1, 0.15) is 11.7 Å². The van der Waals surface area contributed by atoms with Crippen molar-refractivity contribution in [2.75, 3.05) is 7.11 Å². The third kappa shape index (κ3) is 3.69. The monoisotopic (exact) mass is 322 g/mol. The average Bonchev–Trinajstić information content (AvgIpc) is 2.25. The van der Waals surface area contributed by atoms with Crippen LogP contribution in [0.2, 0.25) is 5.02 Å². The van der Waals surface area contributed by atoms with Gasteiger partial charge in [0.05, 0.1) is 18.2 Å². The first-order valence-electron chi connectivity index (χ1n) is 5.13. The molecule has 0 fully saturated rings. The minimum atomic E-state index is -5.63. The van der Waals surface area contributed by atoms with Gasteiger partial charge in [-0.2, -0.15) is 26.3 Å². The summed E-state index contributed by atoms with van der Waals surface area (Å²) in [5.74, 6) is -4.02. The minimum absolute atomic E-state index is 0.000910. The molecule has 0 amide bonds. The summed E-state index contributed by atoms with van der Waals surface area (Å²) in [4.78, 5) is 0. The highest BCUT2D eigenvalue weighted by atomic mass is 35.5. The molecule has 0 radical (unpaired) electrons. The van der Waals surface area contributed by atoms with Crippen molar-refractivity contribution in [3.05, 3.63) is 28.8 Å². The maximum atomic E-state index is 12.5. The number of halogens is 7. The highest BCUT2D eigenvalue weighted by Crippen LogP contribution is 2.47. The van der Waals surface area contributed by atoms with Gasteiger partial charge in [0.1, 0.15) is 5.75 Å². The predicted molar refractivity (Wildman–Crippen MR) is 58.6 cm³/mol. The average molecular weight is 323 g/mol. The quantitative estimate of drug-likeness (QED) is 0.848. The SMILES string of the molecule is COc1cc(C(O)C(C(F)(F)F)C(F)(F)F)ccc1Cl. The van der Waals surface area contributed by atoms with Crippen LogP contribution < -0.4 is 4.74 Å². The molecule has 0 saturated heterocycles. The fraction of sp³-hybridized carbons (Fsp3) is 0.455. The Bertz CT molecular complexity index is 457. The van der Waals surface area contributed by atoms with E-state index < -0.39 is 29.9 Å². The Kier molecular flexibility index (Phi) is 4.81. The van der Waals surface area contributed by atoms with Gasteiger partial charge >= 0.3 is 12.4 Å². The largest absolute Gasteiger partial charge is 0.495 e. The van der Waals surface area contributed by atoms with E-state index in [1.807, 2.05) is 0 Å². The maximum Gasteiger partial charge on any atom is 0.403 e.